The van der Waals surface area contributed by atoms with E-state index in [9.17, 15) is 19.1 Å². The molecule has 28 heavy (non-hydrogen) atoms. The van der Waals surface area contributed by atoms with Gasteiger partial charge in [0, 0.05) is 23.7 Å². The van der Waals surface area contributed by atoms with Crippen LogP contribution in [0.4, 0.5) is 10.1 Å². The number of nitrogens with zero attached hydrogens (tertiary/aromatic N) is 1. The molecule has 0 atom stereocenters. The summed E-state index contributed by atoms with van der Waals surface area (Å²) in [5, 5.41) is 12.2. The van der Waals surface area contributed by atoms with Crippen LogP contribution in [-0.4, -0.2) is 36.1 Å². The maximum absolute atomic E-state index is 14.0. The average Bonchev–Trinajstić information content (AvgIpc) is 2.66. The Morgan fingerprint density at radius 1 is 1.11 bits per heavy atom. The first-order valence-corrected chi connectivity index (χ1v) is 8.00. The Morgan fingerprint density at radius 3 is 2.39 bits per heavy atom. The van der Waals surface area contributed by atoms with E-state index in [1.54, 1.807) is 6.07 Å². The molecule has 0 unspecified atom stereocenters. The third-order valence-electron chi connectivity index (χ3n) is 4.07. The van der Waals surface area contributed by atoms with E-state index >= 15 is 0 Å². The molecule has 9 heteroatoms. The number of rotatable bonds is 5. The number of amides is 2. The minimum atomic E-state index is -0.921. The zero-order valence-corrected chi connectivity index (χ0v) is 14.9. The lowest BCUT2D eigenvalue weighted by Crippen LogP contribution is -2.20. The molecule has 2 amide bonds. The molecule has 0 radical (unpaired) electrons. The summed E-state index contributed by atoms with van der Waals surface area (Å²) in [6.45, 7) is 0. The number of aromatic nitrogens is 1. The van der Waals surface area contributed by atoms with E-state index < -0.39 is 17.6 Å². The maximum atomic E-state index is 14.0. The third kappa shape index (κ3) is 3.37. The van der Waals surface area contributed by atoms with Crippen molar-refractivity contribution in [1.82, 2.24) is 4.98 Å². The highest BCUT2D eigenvalue weighted by Crippen LogP contribution is 2.36. The summed E-state index contributed by atoms with van der Waals surface area (Å²) >= 11 is 0. The molecule has 0 aliphatic heterocycles. The molecule has 0 fully saturated rings. The zero-order valence-electron chi connectivity index (χ0n) is 14.9. The van der Waals surface area contributed by atoms with E-state index in [1.807, 2.05) is 0 Å². The van der Waals surface area contributed by atoms with Gasteiger partial charge in [0.2, 0.25) is 0 Å². The molecule has 0 saturated carbocycles. The number of hydrogen-bond donors (Lipinski definition) is 3. The minimum absolute atomic E-state index is 0.0518. The van der Waals surface area contributed by atoms with Gasteiger partial charge in [-0.15, -0.1) is 0 Å². The molecule has 1 aromatic heterocycles. The predicted octanol–water partition coefficient (Wildman–Crippen LogP) is 2.45. The highest BCUT2D eigenvalue weighted by Gasteiger charge is 2.20. The lowest BCUT2D eigenvalue weighted by molar-refractivity contribution is 0.100. The van der Waals surface area contributed by atoms with Crippen molar-refractivity contribution < 1.29 is 28.6 Å². The summed E-state index contributed by atoms with van der Waals surface area (Å²) in [5.74, 6) is -2.16. The summed E-state index contributed by atoms with van der Waals surface area (Å²) in [5.41, 5.74) is 5.46. The van der Waals surface area contributed by atoms with Crippen LogP contribution >= 0.6 is 0 Å². The van der Waals surface area contributed by atoms with Crippen LogP contribution in [0.5, 0.6) is 17.2 Å². The second-order valence-corrected chi connectivity index (χ2v) is 5.75. The number of halogens is 1. The quantitative estimate of drug-likeness (QED) is 0.620. The number of benzene rings is 2. The Labute approximate surface area is 158 Å². The molecule has 4 N–H and O–H groups in total. The summed E-state index contributed by atoms with van der Waals surface area (Å²) in [7, 11) is 2.89. The fraction of sp³-hybridized carbons (Fsp3) is 0.105. The van der Waals surface area contributed by atoms with E-state index in [2.05, 4.69) is 10.3 Å². The molecule has 0 saturated heterocycles. The van der Waals surface area contributed by atoms with Gasteiger partial charge in [-0.05, 0) is 18.2 Å². The van der Waals surface area contributed by atoms with Gasteiger partial charge in [-0.1, -0.05) is 0 Å². The number of pyridine rings is 1. The Morgan fingerprint density at radius 2 is 1.79 bits per heavy atom. The number of anilines is 1. The van der Waals surface area contributed by atoms with Crippen molar-refractivity contribution in [3.63, 3.8) is 0 Å². The van der Waals surface area contributed by atoms with Crippen molar-refractivity contribution in [2.75, 3.05) is 19.5 Å². The van der Waals surface area contributed by atoms with Gasteiger partial charge in [-0.25, -0.2) is 4.39 Å². The van der Waals surface area contributed by atoms with Gasteiger partial charge in [0.05, 0.1) is 36.6 Å². The van der Waals surface area contributed by atoms with Gasteiger partial charge in [0.1, 0.15) is 11.6 Å². The minimum Gasteiger partial charge on any atom is -0.508 e. The highest BCUT2D eigenvalue weighted by molar-refractivity contribution is 6.14. The molecule has 8 nitrogen and oxygen atoms in total. The highest BCUT2D eigenvalue weighted by atomic mass is 19.1. The molecular formula is C19H16FN3O5. The van der Waals surface area contributed by atoms with Crippen LogP contribution in [0, 0.1) is 5.82 Å². The third-order valence-corrected chi connectivity index (χ3v) is 4.07. The molecule has 3 rings (SSSR count). The van der Waals surface area contributed by atoms with Crippen LogP contribution in [0.2, 0.25) is 0 Å². The smallest absolute Gasteiger partial charge is 0.258 e. The van der Waals surface area contributed by atoms with E-state index in [0.717, 1.165) is 12.1 Å². The lowest BCUT2D eigenvalue weighted by atomic mass is 10.1. The van der Waals surface area contributed by atoms with Crippen molar-refractivity contribution in [1.29, 1.82) is 0 Å². The number of fused-ring (bicyclic) bond motifs is 1. The molecule has 1 heterocycles. The van der Waals surface area contributed by atoms with Gasteiger partial charge in [-0.2, -0.15) is 0 Å². The molecule has 0 bridgehead atoms. The normalized spacial score (nSPS) is 10.5. The standard InChI is InChI=1S/C19H16FN3O5/c1-27-15-6-11-14(7-16(15)28-2)22-8-12(18(21)25)17(11)23-19(26)10-4-3-9(24)5-13(10)20/h3-8,24H,1-2H3,(H2,21,25)(H,22,23,26). The van der Waals surface area contributed by atoms with Gasteiger partial charge >= 0.3 is 0 Å². The second-order valence-electron chi connectivity index (χ2n) is 5.75. The number of aromatic hydroxyl groups is 1. The Bertz CT molecular complexity index is 1100. The number of phenolic OH excluding ortho intramolecular Hbond substituents is 1. The number of ether oxygens (including phenoxy) is 2. The molecule has 0 spiro atoms. The number of primary amides is 1. The average molecular weight is 385 g/mol. The van der Waals surface area contributed by atoms with E-state index in [1.165, 1.54) is 32.5 Å². The molecule has 2 aromatic carbocycles. The molecule has 0 aliphatic carbocycles. The van der Waals surface area contributed by atoms with E-state index in [0.29, 0.717) is 22.4 Å². The number of methoxy groups -OCH3 is 2. The van der Waals surface area contributed by atoms with Gasteiger partial charge in [0.25, 0.3) is 11.8 Å². The monoisotopic (exact) mass is 385 g/mol. The van der Waals surface area contributed by atoms with Crippen LogP contribution in [0.25, 0.3) is 10.9 Å². The van der Waals surface area contributed by atoms with Crippen LogP contribution in [-0.2, 0) is 0 Å². The van der Waals surface area contributed by atoms with Crippen LogP contribution in [0.3, 0.4) is 0 Å². The summed E-state index contributed by atoms with van der Waals surface area (Å²) < 4.78 is 24.5. The second kappa shape index (κ2) is 7.39. The summed E-state index contributed by atoms with van der Waals surface area (Å²) in [4.78, 5) is 28.6. The molecule has 3 aromatic rings. The van der Waals surface area contributed by atoms with Crippen LogP contribution < -0.4 is 20.5 Å². The number of phenols is 1. The first-order valence-electron chi connectivity index (χ1n) is 8.00. The number of carbonyl (C=O) groups is 2. The van der Waals surface area contributed by atoms with Crippen molar-refractivity contribution >= 4 is 28.4 Å². The Balaban J connectivity index is 2.17. The Kier molecular flexibility index (Phi) is 4.99. The van der Waals surface area contributed by atoms with Crippen molar-refractivity contribution in [3.05, 3.63) is 53.5 Å². The largest absolute Gasteiger partial charge is 0.508 e. The van der Waals surface area contributed by atoms with Crippen LogP contribution in [0.1, 0.15) is 20.7 Å². The topological polar surface area (TPSA) is 124 Å². The Hall–Kier alpha value is -3.88. The molecular weight excluding hydrogens is 369 g/mol. The van der Waals surface area contributed by atoms with Crippen LogP contribution in [0.15, 0.2) is 36.5 Å². The first kappa shape index (κ1) is 18.9. The van der Waals surface area contributed by atoms with Gasteiger partial charge in [-0.3, -0.25) is 14.6 Å². The number of nitrogens with one attached hydrogen (secondary N) is 1. The van der Waals surface area contributed by atoms with Gasteiger partial charge < -0.3 is 25.6 Å². The zero-order chi connectivity index (χ0) is 20.4. The maximum Gasteiger partial charge on any atom is 0.258 e. The summed E-state index contributed by atoms with van der Waals surface area (Å²) in [6.07, 6.45) is 1.21. The van der Waals surface area contributed by atoms with E-state index in [4.69, 9.17) is 15.2 Å². The fourth-order valence-electron chi connectivity index (χ4n) is 2.71. The molecule has 144 valence electrons. The van der Waals surface area contributed by atoms with Gasteiger partial charge in [0.15, 0.2) is 11.5 Å². The fourth-order valence-corrected chi connectivity index (χ4v) is 2.71. The first-order chi connectivity index (χ1) is 13.3. The molecule has 0 aliphatic rings. The lowest BCUT2D eigenvalue weighted by Gasteiger charge is -2.15. The predicted molar refractivity (Wildman–Crippen MR) is 99.4 cm³/mol. The SMILES string of the molecule is COc1cc2ncc(C(N)=O)c(NC(=O)c3ccc(O)cc3F)c2cc1OC. The van der Waals surface area contributed by atoms with Crippen molar-refractivity contribution in [2.24, 2.45) is 5.73 Å². The van der Waals surface area contributed by atoms with Crippen molar-refractivity contribution in [2.45, 2.75) is 0 Å². The number of hydrogen-bond acceptors (Lipinski definition) is 6. The number of carbonyl (C=O) groups excluding carboxylic acids is 2. The van der Waals surface area contributed by atoms with E-state index in [-0.39, 0.29) is 22.6 Å². The summed E-state index contributed by atoms with van der Waals surface area (Å²) in [6, 6.07) is 6.19. The number of nitrogens with two attached hydrogens (primary N) is 1. The van der Waals surface area contributed by atoms with Crippen molar-refractivity contribution in [3.8, 4) is 17.2 Å².